The fraction of sp³-hybridized carbons (Fsp3) is 0.0909. The number of nitriles is 1. The summed E-state index contributed by atoms with van der Waals surface area (Å²) in [6.07, 6.45) is 2.67. The number of hydrogen-bond donors (Lipinski definition) is 0. The molecular weight excluding hydrogens is 391 g/mol. The molecule has 1 aromatic heterocycles. The zero-order valence-corrected chi connectivity index (χ0v) is 16.4. The van der Waals surface area contributed by atoms with Crippen molar-refractivity contribution < 1.29 is 17.5 Å². The zero-order chi connectivity index (χ0) is 21.0. The molecule has 0 fully saturated rings. The van der Waals surface area contributed by atoms with Gasteiger partial charge in [-0.25, -0.2) is 17.8 Å². The standard InChI is InChI=1S/C22H17FN2O3S/c1-3-12-28-22-17(14-24)13-20(15-6-10-19(11-7-15)29(2,26)27)21(25-22)16-4-8-18(23)9-5-16/h3-11,13H,1,12H2,2H3. The monoisotopic (exact) mass is 408 g/mol. The molecule has 0 saturated heterocycles. The highest BCUT2D eigenvalue weighted by molar-refractivity contribution is 7.90. The first-order chi connectivity index (χ1) is 13.8. The maximum atomic E-state index is 13.4. The highest BCUT2D eigenvalue weighted by Crippen LogP contribution is 2.35. The number of rotatable bonds is 6. The van der Waals surface area contributed by atoms with Crippen LogP contribution in [0.15, 0.2) is 72.1 Å². The third kappa shape index (κ3) is 4.50. The van der Waals surface area contributed by atoms with Crippen LogP contribution < -0.4 is 4.74 Å². The minimum absolute atomic E-state index is 0.142. The third-order valence-corrected chi connectivity index (χ3v) is 5.29. The van der Waals surface area contributed by atoms with E-state index in [4.69, 9.17) is 4.74 Å². The molecule has 0 radical (unpaired) electrons. The van der Waals surface area contributed by atoms with Crippen LogP contribution in [0.1, 0.15) is 5.56 Å². The lowest BCUT2D eigenvalue weighted by atomic mass is 9.98. The number of hydrogen-bond acceptors (Lipinski definition) is 5. The van der Waals surface area contributed by atoms with Crippen molar-refractivity contribution in [1.82, 2.24) is 4.98 Å². The fourth-order valence-electron chi connectivity index (χ4n) is 2.75. The summed E-state index contributed by atoms with van der Waals surface area (Å²) < 4.78 is 42.4. The Labute approximate surface area is 168 Å². The van der Waals surface area contributed by atoms with Gasteiger partial charge in [-0.3, -0.25) is 0 Å². The molecule has 7 heteroatoms. The van der Waals surface area contributed by atoms with Crippen LogP contribution in [0.3, 0.4) is 0 Å². The Bertz CT molecular complexity index is 1200. The van der Waals surface area contributed by atoms with Gasteiger partial charge in [0.15, 0.2) is 9.84 Å². The minimum Gasteiger partial charge on any atom is -0.472 e. The molecule has 0 N–H and O–H groups in total. The molecule has 146 valence electrons. The molecule has 0 aliphatic heterocycles. The maximum Gasteiger partial charge on any atom is 0.232 e. The Kier molecular flexibility index (Phi) is 5.76. The van der Waals surface area contributed by atoms with Gasteiger partial charge in [-0.15, -0.1) is 0 Å². The van der Waals surface area contributed by atoms with Crippen LogP contribution in [-0.2, 0) is 9.84 Å². The Balaban J connectivity index is 2.22. The largest absolute Gasteiger partial charge is 0.472 e. The van der Waals surface area contributed by atoms with E-state index in [0.29, 0.717) is 22.4 Å². The second kappa shape index (κ2) is 8.25. The number of ether oxygens (including phenoxy) is 1. The van der Waals surface area contributed by atoms with E-state index >= 15 is 0 Å². The average Bonchev–Trinajstić information content (AvgIpc) is 2.71. The molecule has 2 aromatic carbocycles. The first kappa shape index (κ1) is 20.2. The van der Waals surface area contributed by atoms with Crippen molar-refractivity contribution in [2.75, 3.05) is 12.9 Å². The van der Waals surface area contributed by atoms with E-state index < -0.39 is 9.84 Å². The average molecular weight is 408 g/mol. The predicted molar refractivity (Wildman–Crippen MR) is 109 cm³/mol. The van der Waals surface area contributed by atoms with Crippen LogP contribution in [0.5, 0.6) is 5.88 Å². The van der Waals surface area contributed by atoms with Gasteiger partial charge in [-0.2, -0.15) is 5.26 Å². The van der Waals surface area contributed by atoms with Crippen molar-refractivity contribution in [3.8, 4) is 34.3 Å². The van der Waals surface area contributed by atoms with Gasteiger partial charge in [0.2, 0.25) is 5.88 Å². The molecule has 3 aromatic rings. The SMILES string of the molecule is C=CCOc1nc(-c2ccc(F)cc2)c(-c2ccc(S(C)(=O)=O)cc2)cc1C#N. The molecule has 0 bridgehead atoms. The van der Waals surface area contributed by atoms with Crippen LogP contribution in [0.2, 0.25) is 0 Å². The predicted octanol–water partition coefficient (Wildman–Crippen LogP) is 4.39. The van der Waals surface area contributed by atoms with Crippen LogP contribution in [0, 0.1) is 17.1 Å². The summed E-state index contributed by atoms with van der Waals surface area (Å²) in [4.78, 5) is 4.68. The van der Waals surface area contributed by atoms with Crippen LogP contribution in [-0.4, -0.2) is 26.3 Å². The molecule has 0 unspecified atom stereocenters. The molecule has 3 rings (SSSR count). The van der Waals surface area contributed by atoms with Gasteiger partial charge in [0.25, 0.3) is 0 Å². The van der Waals surface area contributed by atoms with Crippen molar-refractivity contribution in [1.29, 1.82) is 5.26 Å². The van der Waals surface area contributed by atoms with Gasteiger partial charge in [0.05, 0.1) is 10.6 Å². The van der Waals surface area contributed by atoms with Gasteiger partial charge < -0.3 is 4.74 Å². The summed E-state index contributed by atoms with van der Waals surface area (Å²) in [5.41, 5.74) is 2.59. The molecule has 0 spiro atoms. The zero-order valence-electron chi connectivity index (χ0n) is 15.6. The Hall–Kier alpha value is -3.50. The Morgan fingerprint density at radius 1 is 1.14 bits per heavy atom. The van der Waals surface area contributed by atoms with Crippen molar-refractivity contribution >= 4 is 9.84 Å². The first-order valence-electron chi connectivity index (χ1n) is 8.58. The normalized spacial score (nSPS) is 10.9. The fourth-order valence-corrected chi connectivity index (χ4v) is 3.38. The van der Waals surface area contributed by atoms with E-state index in [1.165, 1.54) is 30.3 Å². The smallest absolute Gasteiger partial charge is 0.232 e. The Morgan fingerprint density at radius 2 is 1.76 bits per heavy atom. The van der Waals surface area contributed by atoms with Gasteiger partial charge in [-0.1, -0.05) is 24.8 Å². The van der Waals surface area contributed by atoms with Crippen molar-refractivity contribution in [3.05, 3.63) is 78.6 Å². The van der Waals surface area contributed by atoms with Crippen LogP contribution >= 0.6 is 0 Å². The lowest BCUT2D eigenvalue weighted by molar-refractivity contribution is 0.348. The molecule has 29 heavy (non-hydrogen) atoms. The molecule has 0 amide bonds. The van der Waals surface area contributed by atoms with E-state index in [2.05, 4.69) is 17.6 Å². The van der Waals surface area contributed by atoms with E-state index in [9.17, 15) is 18.1 Å². The Morgan fingerprint density at radius 3 is 2.31 bits per heavy atom. The summed E-state index contributed by atoms with van der Waals surface area (Å²) in [7, 11) is -3.34. The van der Waals surface area contributed by atoms with E-state index in [1.54, 1.807) is 30.3 Å². The van der Waals surface area contributed by atoms with E-state index in [0.717, 1.165) is 6.26 Å². The summed E-state index contributed by atoms with van der Waals surface area (Å²) in [6.45, 7) is 3.76. The molecule has 0 aliphatic rings. The number of nitrogens with zero attached hydrogens (tertiary/aromatic N) is 2. The second-order valence-corrected chi connectivity index (χ2v) is 8.27. The molecule has 0 atom stereocenters. The summed E-state index contributed by atoms with van der Waals surface area (Å²) in [6, 6.07) is 15.7. The summed E-state index contributed by atoms with van der Waals surface area (Å²) in [5, 5.41) is 9.51. The topological polar surface area (TPSA) is 80.0 Å². The van der Waals surface area contributed by atoms with Gasteiger partial charge in [0.1, 0.15) is 24.1 Å². The number of pyridine rings is 1. The summed E-state index contributed by atoms with van der Waals surface area (Å²) >= 11 is 0. The van der Waals surface area contributed by atoms with Crippen LogP contribution in [0.25, 0.3) is 22.4 Å². The molecule has 0 saturated carbocycles. The number of halogens is 1. The minimum atomic E-state index is -3.34. The highest BCUT2D eigenvalue weighted by atomic mass is 32.2. The van der Waals surface area contributed by atoms with Crippen molar-refractivity contribution in [2.45, 2.75) is 4.90 Å². The number of sulfone groups is 1. The first-order valence-corrected chi connectivity index (χ1v) is 10.5. The van der Waals surface area contributed by atoms with Gasteiger partial charge in [-0.05, 0) is 48.0 Å². The van der Waals surface area contributed by atoms with Crippen molar-refractivity contribution in [2.24, 2.45) is 0 Å². The number of aromatic nitrogens is 1. The molecular formula is C22H17FN2O3S. The van der Waals surface area contributed by atoms with E-state index in [1.807, 2.05) is 0 Å². The van der Waals surface area contributed by atoms with Gasteiger partial charge in [0, 0.05) is 17.4 Å². The maximum absolute atomic E-state index is 13.4. The molecule has 1 heterocycles. The van der Waals surface area contributed by atoms with E-state index in [-0.39, 0.29) is 28.8 Å². The van der Waals surface area contributed by atoms with Gasteiger partial charge >= 0.3 is 0 Å². The second-order valence-electron chi connectivity index (χ2n) is 6.25. The lowest BCUT2D eigenvalue weighted by Gasteiger charge is -2.14. The van der Waals surface area contributed by atoms with Crippen molar-refractivity contribution in [3.63, 3.8) is 0 Å². The summed E-state index contributed by atoms with van der Waals surface area (Å²) in [5.74, 6) is -0.243. The highest BCUT2D eigenvalue weighted by Gasteiger charge is 2.17. The molecule has 5 nitrogen and oxygen atoms in total. The quantitative estimate of drug-likeness (QED) is 0.565. The lowest BCUT2D eigenvalue weighted by Crippen LogP contribution is -2.02. The molecule has 0 aliphatic carbocycles. The van der Waals surface area contributed by atoms with Crippen LogP contribution in [0.4, 0.5) is 4.39 Å². The third-order valence-electron chi connectivity index (χ3n) is 4.16. The number of benzene rings is 2.